The molecule has 0 aliphatic rings. The predicted molar refractivity (Wildman–Crippen MR) is 252 cm³/mol. The van der Waals surface area contributed by atoms with E-state index in [0.717, 1.165) is 69.6 Å². The Bertz CT molecular complexity index is 900. The Labute approximate surface area is 368 Å². The molecular formula is C53H102O6. The number of esters is 3. The van der Waals surface area contributed by atoms with Gasteiger partial charge in [0.25, 0.3) is 0 Å². The minimum Gasteiger partial charge on any atom is -0.462 e. The smallest absolute Gasteiger partial charge is 0.306 e. The third-order valence-corrected chi connectivity index (χ3v) is 12.0. The summed E-state index contributed by atoms with van der Waals surface area (Å²) in [6.45, 7) is 11.3. The molecule has 0 heterocycles. The van der Waals surface area contributed by atoms with Crippen LogP contribution in [0.2, 0.25) is 0 Å². The first-order valence-corrected chi connectivity index (χ1v) is 26.2. The fraction of sp³-hybridized carbons (Fsp3) is 0.943. The highest BCUT2D eigenvalue weighted by Gasteiger charge is 2.19. The maximum Gasteiger partial charge on any atom is 0.306 e. The van der Waals surface area contributed by atoms with Crippen LogP contribution in [0.4, 0.5) is 0 Å². The normalized spacial score (nSPS) is 12.1. The fourth-order valence-electron chi connectivity index (χ4n) is 7.99. The van der Waals surface area contributed by atoms with Crippen LogP contribution in [0.3, 0.4) is 0 Å². The second kappa shape index (κ2) is 45.9. The first kappa shape index (κ1) is 57.4. The standard InChI is InChI=1S/C53H102O6/c1-6-7-8-9-10-21-28-33-38-43-51(54)57-46-50(47-58-52(55)44-39-34-29-25-24-27-32-37-42-49(4)5)59-53(56)45-40-35-30-23-20-18-16-14-12-11-13-15-17-19-22-26-31-36-41-48(2)3/h48-50H,6-47H2,1-5H3/t50-/m1/s1. The van der Waals surface area contributed by atoms with Gasteiger partial charge in [0.05, 0.1) is 0 Å². The van der Waals surface area contributed by atoms with Crippen LogP contribution in [0.15, 0.2) is 0 Å². The maximum atomic E-state index is 12.8. The molecule has 0 aromatic carbocycles. The Morgan fingerprint density at radius 1 is 0.322 bits per heavy atom. The van der Waals surface area contributed by atoms with E-state index in [4.69, 9.17) is 14.2 Å². The van der Waals surface area contributed by atoms with E-state index in [0.29, 0.717) is 19.3 Å². The summed E-state index contributed by atoms with van der Waals surface area (Å²) in [5.74, 6) is 0.803. The van der Waals surface area contributed by atoms with Gasteiger partial charge in [-0.3, -0.25) is 14.4 Å². The lowest BCUT2D eigenvalue weighted by molar-refractivity contribution is -0.167. The Morgan fingerprint density at radius 2 is 0.559 bits per heavy atom. The van der Waals surface area contributed by atoms with Crippen LogP contribution in [-0.2, 0) is 28.6 Å². The number of carbonyl (C=O) groups is 3. The summed E-state index contributed by atoms with van der Waals surface area (Å²) in [5.41, 5.74) is 0. The second-order valence-corrected chi connectivity index (χ2v) is 19.1. The van der Waals surface area contributed by atoms with Crippen molar-refractivity contribution in [3.63, 3.8) is 0 Å². The summed E-state index contributed by atoms with van der Waals surface area (Å²) >= 11 is 0. The van der Waals surface area contributed by atoms with Gasteiger partial charge in [-0.15, -0.1) is 0 Å². The first-order valence-electron chi connectivity index (χ1n) is 26.2. The zero-order chi connectivity index (χ0) is 43.3. The van der Waals surface area contributed by atoms with E-state index in [-0.39, 0.29) is 31.1 Å². The Balaban J connectivity index is 4.19. The molecule has 1 atom stereocenters. The molecule has 0 fully saturated rings. The molecule has 0 saturated carbocycles. The van der Waals surface area contributed by atoms with Gasteiger partial charge in [0.15, 0.2) is 6.10 Å². The summed E-state index contributed by atoms with van der Waals surface area (Å²) in [6.07, 6.45) is 46.8. The van der Waals surface area contributed by atoms with Crippen LogP contribution in [0.1, 0.15) is 291 Å². The Hall–Kier alpha value is -1.59. The Morgan fingerprint density at radius 3 is 0.831 bits per heavy atom. The van der Waals surface area contributed by atoms with Gasteiger partial charge in [0, 0.05) is 19.3 Å². The molecule has 0 aromatic heterocycles. The summed E-state index contributed by atoms with van der Waals surface area (Å²) in [7, 11) is 0. The SMILES string of the molecule is CCCCCCCCCCCC(=O)OC[C@H](COC(=O)CCCCCCCCCCC(C)C)OC(=O)CCCCCCCCCCCCCCCCCCCCC(C)C. The summed E-state index contributed by atoms with van der Waals surface area (Å²) in [4.78, 5) is 37.8. The number of hydrogen-bond donors (Lipinski definition) is 0. The van der Waals surface area contributed by atoms with E-state index >= 15 is 0 Å². The molecule has 6 heteroatoms. The molecule has 0 bridgehead atoms. The second-order valence-electron chi connectivity index (χ2n) is 19.1. The van der Waals surface area contributed by atoms with Gasteiger partial charge < -0.3 is 14.2 Å². The monoisotopic (exact) mass is 835 g/mol. The molecule has 0 radical (unpaired) electrons. The molecule has 0 saturated heterocycles. The zero-order valence-corrected chi connectivity index (χ0v) is 40.4. The predicted octanol–water partition coefficient (Wildman–Crippen LogP) is 16.9. The third kappa shape index (κ3) is 47.3. The zero-order valence-electron chi connectivity index (χ0n) is 40.4. The van der Waals surface area contributed by atoms with Crippen LogP contribution >= 0.6 is 0 Å². The highest BCUT2D eigenvalue weighted by atomic mass is 16.6. The minimum absolute atomic E-state index is 0.0643. The van der Waals surface area contributed by atoms with Gasteiger partial charge in [-0.05, 0) is 31.1 Å². The van der Waals surface area contributed by atoms with E-state index in [1.807, 2.05) is 0 Å². The minimum atomic E-state index is -0.761. The highest BCUT2D eigenvalue weighted by Crippen LogP contribution is 2.17. The highest BCUT2D eigenvalue weighted by molar-refractivity contribution is 5.71. The number of rotatable bonds is 47. The molecule has 0 amide bonds. The average molecular weight is 835 g/mol. The largest absolute Gasteiger partial charge is 0.462 e. The van der Waals surface area contributed by atoms with E-state index in [2.05, 4.69) is 34.6 Å². The molecule has 0 N–H and O–H groups in total. The quantitative estimate of drug-likeness (QED) is 0.0345. The summed E-state index contributed by atoms with van der Waals surface area (Å²) < 4.78 is 16.8. The van der Waals surface area contributed by atoms with Crippen molar-refractivity contribution in [3.8, 4) is 0 Å². The third-order valence-electron chi connectivity index (χ3n) is 12.0. The van der Waals surface area contributed by atoms with Crippen LogP contribution in [0.25, 0.3) is 0 Å². The lowest BCUT2D eigenvalue weighted by Crippen LogP contribution is -2.30. The molecule has 59 heavy (non-hydrogen) atoms. The summed E-state index contributed by atoms with van der Waals surface area (Å²) in [5, 5.41) is 0. The fourth-order valence-corrected chi connectivity index (χ4v) is 7.99. The van der Waals surface area contributed by atoms with E-state index in [9.17, 15) is 14.4 Å². The molecule has 0 aliphatic carbocycles. The number of carbonyl (C=O) groups excluding carboxylic acids is 3. The van der Waals surface area contributed by atoms with Crippen molar-refractivity contribution in [2.75, 3.05) is 13.2 Å². The van der Waals surface area contributed by atoms with Crippen molar-refractivity contribution < 1.29 is 28.6 Å². The van der Waals surface area contributed by atoms with Crippen molar-refractivity contribution in [2.24, 2.45) is 11.8 Å². The molecule has 0 aromatic rings. The molecule has 0 aliphatic heterocycles. The molecule has 0 unspecified atom stereocenters. The van der Waals surface area contributed by atoms with E-state index in [1.54, 1.807) is 0 Å². The molecule has 0 spiro atoms. The van der Waals surface area contributed by atoms with Crippen LogP contribution < -0.4 is 0 Å². The van der Waals surface area contributed by atoms with Crippen LogP contribution in [0.5, 0.6) is 0 Å². The maximum absolute atomic E-state index is 12.8. The van der Waals surface area contributed by atoms with E-state index in [1.165, 1.54) is 180 Å². The van der Waals surface area contributed by atoms with Gasteiger partial charge in [-0.2, -0.15) is 0 Å². The van der Waals surface area contributed by atoms with Gasteiger partial charge in [-0.25, -0.2) is 0 Å². The molecular weight excluding hydrogens is 733 g/mol. The number of ether oxygens (including phenoxy) is 3. The van der Waals surface area contributed by atoms with Crippen molar-refractivity contribution in [2.45, 2.75) is 298 Å². The molecule has 350 valence electrons. The van der Waals surface area contributed by atoms with Gasteiger partial charge in [-0.1, -0.05) is 253 Å². The van der Waals surface area contributed by atoms with Crippen molar-refractivity contribution in [1.82, 2.24) is 0 Å². The summed E-state index contributed by atoms with van der Waals surface area (Å²) in [6, 6.07) is 0. The Kier molecular flexibility index (Phi) is 44.7. The lowest BCUT2D eigenvalue weighted by Gasteiger charge is -2.18. The van der Waals surface area contributed by atoms with Crippen LogP contribution in [0, 0.1) is 11.8 Å². The van der Waals surface area contributed by atoms with Crippen molar-refractivity contribution >= 4 is 17.9 Å². The van der Waals surface area contributed by atoms with Gasteiger partial charge >= 0.3 is 17.9 Å². The molecule has 6 nitrogen and oxygen atoms in total. The number of hydrogen-bond acceptors (Lipinski definition) is 6. The average Bonchev–Trinajstić information content (AvgIpc) is 3.20. The van der Waals surface area contributed by atoms with Crippen molar-refractivity contribution in [1.29, 1.82) is 0 Å². The van der Waals surface area contributed by atoms with Crippen LogP contribution in [-0.4, -0.2) is 37.2 Å². The van der Waals surface area contributed by atoms with Crippen molar-refractivity contribution in [3.05, 3.63) is 0 Å². The van der Waals surface area contributed by atoms with Gasteiger partial charge in [0.2, 0.25) is 0 Å². The topological polar surface area (TPSA) is 78.9 Å². The molecule has 0 rings (SSSR count). The lowest BCUT2D eigenvalue weighted by atomic mass is 10.0. The van der Waals surface area contributed by atoms with Gasteiger partial charge in [0.1, 0.15) is 13.2 Å². The first-order chi connectivity index (χ1) is 28.7. The number of unbranched alkanes of at least 4 members (excludes halogenated alkanes) is 32. The van der Waals surface area contributed by atoms with E-state index < -0.39 is 6.10 Å².